The minimum atomic E-state index is 1.20. The third kappa shape index (κ3) is 5.44. The van der Waals surface area contributed by atoms with E-state index in [1.807, 2.05) is 0 Å². The van der Waals surface area contributed by atoms with Crippen molar-refractivity contribution in [2.75, 3.05) is 0 Å². The molecule has 0 N–H and O–H groups in total. The molecule has 0 heteroatoms. The lowest BCUT2D eigenvalue weighted by atomic mass is 9.91. The van der Waals surface area contributed by atoms with Gasteiger partial charge in [0.25, 0.3) is 0 Å². The van der Waals surface area contributed by atoms with Crippen LogP contribution in [-0.2, 0) is 0 Å². The van der Waals surface area contributed by atoms with Gasteiger partial charge in [-0.3, -0.25) is 0 Å². The van der Waals surface area contributed by atoms with E-state index in [1.165, 1.54) is 66.8 Å². The highest BCUT2D eigenvalue weighted by Crippen LogP contribution is 2.36. The van der Waals surface area contributed by atoms with Crippen LogP contribution in [0.25, 0.3) is 66.8 Å². The number of hydrogen-bond donors (Lipinski definition) is 0. The molecule has 0 radical (unpaired) electrons. The van der Waals surface area contributed by atoms with Gasteiger partial charge in [-0.05, 0) is 103 Å². The molecule has 0 bridgehead atoms. The molecule has 7 aromatic carbocycles. The van der Waals surface area contributed by atoms with E-state index in [0.29, 0.717) is 0 Å². The van der Waals surface area contributed by atoms with E-state index >= 15 is 0 Å². The zero-order valence-corrected chi connectivity index (χ0v) is 23.3. The Morgan fingerprint density at radius 2 is 0.310 bits per heavy atom. The lowest BCUT2D eigenvalue weighted by molar-refractivity contribution is 1.55. The summed E-state index contributed by atoms with van der Waals surface area (Å²) in [5, 5.41) is 0. The van der Waals surface area contributed by atoms with Gasteiger partial charge in [-0.2, -0.15) is 0 Å². The second-order valence-electron chi connectivity index (χ2n) is 10.6. The van der Waals surface area contributed by atoms with Gasteiger partial charge < -0.3 is 0 Å². The Morgan fingerprint density at radius 1 is 0.143 bits per heavy atom. The van der Waals surface area contributed by atoms with Gasteiger partial charge in [-0.15, -0.1) is 0 Å². The topological polar surface area (TPSA) is 0 Å². The fraction of sp³-hybridized carbons (Fsp3) is 0. The molecule has 0 atom stereocenters. The highest BCUT2D eigenvalue weighted by Gasteiger charge is 2.10. The molecule has 7 rings (SSSR count). The average Bonchev–Trinajstić information content (AvgIpc) is 3.09. The minimum absolute atomic E-state index is 1.20. The van der Waals surface area contributed by atoms with E-state index in [0.717, 1.165) is 0 Å². The highest BCUT2D eigenvalue weighted by molar-refractivity contribution is 5.84. The van der Waals surface area contributed by atoms with Crippen LogP contribution < -0.4 is 0 Å². The van der Waals surface area contributed by atoms with E-state index < -0.39 is 0 Å². The minimum Gasteiger partial charge on any atom is -0.0622 e. The van der Waals surface area contributed by atoms with Crippen molar-refractivity contribution in [2.24, 2.45) is 0 Å². The monoisotopic (exact) mass is 534 g/mol. The average molecular weight is 535 g/mol. The summed E-state index contributed by atoms with van der Waals surface area (Å²) in [6.45, 7) is 0. The van der Waals surface area contributed by atoms with Crippen LogP contribution in [-0.4, -0.2) is 0 Å². The molecule has 42 heavy (non-hydrogen) atoms. The second kappa shape index (κ2) is 11.6. The molecule has 0 aliphatic carbocycles. The Morgan fingerprint density at radius 3 is 0.500 bits per heavy atom. The molecule has 198 valence electrons. The first-order valence-corrected chi connectivity index (χ1v) is 14.4. The summed E-state index contributed by atoms with van der Waals surface area (Å²) in [5.41, 5.74) is 14.6. The lowest BCUT2D eigenvalue weighted by Gasteiger charge is -2.13. The molecule has 0 nitrogen and oxygen atoms in total. The van der Waals surface area contributed by atoms with Crippen molar-refractivity contribution in [2.45, 2.75) is 0 Å². The molecule has 0 aliphatic heterocycles. The molecule has 0 aliphatic rings. The quantitative estimate of drug-likeness (QED) is 0.199. The first kappa shape index (κ1) is 25.5. The fourth-order valence-corrected chi connectivity index (χ4v) is 5.63. The standard InChI is InChI=1S/C42H30/c1-5-13-31(14-6-1)37-25-38(32-15-7-2-8-16-32)28-41(27-37)35-21-23-36(24-22-35)42-29-39(33-17-9-3-10-18-33)26-40(30-42)34-19-11-4-12-20-34/h1-30H. The summed E-state index contributed by atoms with van der Waals surface area (Å²) in [6.07, 6.45) is 0. The third-order valence-electron chi connectivity index (χ3n) is 7.85. The van der Waals surface area contributed by atoms with Crippen molar-refractivity contribution in [1.82, 2.24) is 0 Å². The molecule has 0 heterocycles. The Hall–Kier alpha value is -5.46. The maximum absolute atomic E-state index is 2.31. The summed E-state index contributed by atoms with van der Waals surface area (Å²) in [4.78, 5) is 0. The van der Waals surface area contributed by atoms with E-state index in [9.17, 15) is 0 Å². The third-order valence-corrected chi connectivity index (χ3v) is 7.85. The van der Waals surface area contributed by atoms with E-state index in [-0.39, 0.29) is 0 Å². The normalized spacial score (nSPS) is 10.9. The maximum atomic E-state index is 2.31. The van der Waals surface area contributed by atoms with Crippen LogP contribution in [0.4, 0.5) is 0 Å². The molecule has 0 saturated carbocycles. The summed E-state index contributed by atoms with van der Waals surface area (Å²) >= 11 is 0. The molecular formula is C42H30. The van der Waals surface area contributed by atoms with Gasteiger partial charge >= 0.3 is 0 Å². The van der Waals surface area contributed by atoms with Crippen molar-refractivity contribution >= 4 is 0 Å². The van der Waals surface area contributed by atoms with Crippen molar-refractivity contribution in [3.8, 4) is 66.8 Å². The Labute approximate surface area is 248 Å². The Kier molecular flexibility index (Phi) is 7.02. The van der Waals surface area contributed by atoms with Gasteiger partial charge in [-0.1, -0.05) is 146 Å². The second-order valence-corrected chi connectivity index (χ2v) is 10.6. The van der Waals surface area contributed by atoms with Gasteiger partial charge in [0.1, 0.15) is 0 Å². The number of benzene rings is 7. The number of hydrogen-bond acceptors (Lipinski definition) is 0. The maximum Gasteiger partial charge on any atom is -0.0172 e. The first-order valence-electron chi connectivity index (χ1n) is 14.4. The first-order chi connectivity index (χ1) is 20.8. The predicted octanol–water partition coefficient (Wildman–Crippen LogP) is 11.7. The van der Waals surface area contributed by atoms with Crippen LogP contribution in [0.5, 0.6) is 0 Å². The Balaban J connectivity index is 1.31. The van der Waals surface area contributed by atoms with E-state index in [1.54, 1.807) is 0 Å². The van der Waals surface area contributed by atoms with Crippen LogP contribution >= 0.6 is 0 Å². The van der Waals surface area contributed by atoms with Crippen LogP contribution in [0.15, 0.2) is 182 Å². The molecule has 0 spiro atoms. The molecule has 0 fully saturated rings. The molecular weight excluding hydrogens is 504 g/mol. The van der Waals surface area contributed by atoms with Crippen LogP contribution in [0.3, 0.4) is 0 Å². The van der Waals surface area contributed by atoms with Crippen molar-refractivity contribution < 1.29 is 0 Å². The van der Waals surface area contributed by atoms with Gasteiger partial charge in [-0.25, -0.2) is 0 Å². The SMILES string of the molecule is c1ccc(-c2cc(-c3ccccc3)cc(-c3ccc(-c4cc(-c5ccccc5)cc(-c5ccccc5)c4)cc3)c2)cc1. The summed E-state index contributed by atoms with van der Waals surface area (Å²) < 4.78 is 0. The van der Waals surface area contributed by atoms with E-state index in [4.69, 9.17) is 0 Å². The predicted molar refractivity (Wildman–Crippen MR) is 179 cm³/mol. The number of rotatable bonds is 6. The summed E-state index contributed by atoms with van der Waals surface area (Å²) in [7, 11) is 0. The molecule has 0 aromatic heterocycles. The molecule has 7 aromatic rings. The zero-order valence-electron chi connectivity index (χ0n) is 23.3. The highest BCUT2D eigenvalue weighted by atomic mass is 14.1. The Bertz CT molecular complexity index is 1660. The van der Waals surface area contributed by atoms with E-state index in [2.05, 4.69) is 182 Å². The van der Waals surface area contributed by atoms with Gasteiger partial charge in [0, 0.05) is 0 Å². The molecule has 0 saturated heterocycles. The largest absolute Gasteiger partial charge is 0.0622 e. The van der Waals surface area contributed by atoms with Crippen LogP contribution in [0.1, 0.15) is 0 Å². The fourth-order valence-electron chi connectivity index (χ4n) is 5.63. The van der Waals surface area contributed by atoms with Crippen molar-refractivity contribution in [3.63, 3.8) is 0 Å². The summed E-state index contributed by atoms with van der Waals surface area (Å²) in [6, 6.07) is 65.4. The van der Waals surface area contributed by atoms with Crippen molar-refractivity contribution in [1.29, 1.82) is 0 Å². The van der Waals surface area contributed by atoms with Gasteiger partial charge in [0.2, 0.25) is 0 Å². The van der Waals surface area contributed by atoms with Crippen LogP contribution in [0, 0.1) is 0 Å². The van der Waals surface area contributed by atoms with Crippen LogP contribution in [0.2, 0.25) is 0 Å². The molecule has 0 unspecified atom stereocenters. The lowest BCUT2D eigenvalue weighted by Crippen LogP contribution is -1.88. The van der Waals surface area contributed by atoms with Gasteiger partial charge in [0.15, 0.2) is 0 Å². The van der Waals surface area contributed by atoms with Gasteiger partial charge in [0.05, 0.1) is 0 Å². The summed E-state index contributed by atoms with van der Waals surface area (Å²) in [5.74, 6) is 0. The smallest absolute Gasteiger partial charge is 0.0172 e. The van der Waals surface area contributed by atoms with Crippen molar-refractivity contribution in [3.05, 3.63) is 182 Å². The zero-order chi connectivity index (χ0) is 28.1. The molecule has 0 amide bonds.